The van der Waals surface area contributed by atoms with E-state index in [4.69, 9.17) is 0 Å². The van der Waals surface area contributed by atoms with Gasteiger partial charge in [-0.15, -0.1) is 0 Å². The van der Waals surface area contributed by atoms with E-state index in [1.165, 1.54) is 28.0 Å². The number of hydrogen-bond donors (Lipinski definition) is 0. The second kappa shape index (κ2) is 6.44. The molecule has 0 saturated heterocycles. The lowest BCUT2D eigenvalue weighted by atomic mass is 9.97. The third-order valence-electron chi connectivity index (χ3n) is 3.59. The number of benzene rings is 1. The van der Waals surface area contributed by atoms with E-state index in [9.17, 15) is 0 Å². The first kappa shape index (κ1) is 14.6. The normalized spacial score (nSPS) is 13.3. The first-order chi connectivity index (χ1) is 8.47. The standard InChI is InChI=1S/C17H25N/c1-7-13(2)15(4)14(3)12-16-10-8-9-11-17(16)18(5)6/h7-11H,12H2,1-6H3/b13-7+,15-14-. The second-order valence-corrected chi connectivity index (χ2v) is 5.08. The van der Waals surface area contributed by atoms with E-state index in [0.717, 1.165) is 6.42 Å². The lowest BCUT2D eigenvalue weighted by Crippen LogP contribution is -2.11. The van der Waals surface area contributed by atoms with Crippen molar-refractivity contribution >= 4 is 5.69 Å². The van der Waals surface area contributed by atoms with E-state index >= 15 is 0 Å². The molecule has 0 aliphatic heterocycles. The summed E-state index contributed by atoms with van der Waals surface area (Å²) >= 11 is 0. The maximum atomic E-state index is 2.23. The van der Waals surface area contributed by atoms with Crippen molar-refractivity contribution in [2.24, 2.45) is 0 Å². The fraction of sp³-hybridized carbons (Fsp3) is 0.412. The minimum absolute atomic E-state index is 1.02. The summed E-state index contributed by atoms with van der Waals surface area (Å²) in [5, 5.41) is 0. The van der Waals surface area contributed by atoms with Crippen molar-refractivity contribution < 1.29 is 0 Å². The molecule has 0 aromatic heterocycles. The summed E-state index contributed by atoms with van der Waals surface area (Å²) in [6.07, 6.45) is 3.20. The molecule has 0 radical (unpaired) electrons. The van der Waals surface area contributed by atoms with Crippen molar-refractivity contribution in [2.75, 3.05) is 19.0 Å². The van der Waals surface area contributed by atoms with Gasteiger partial charge in [0.2, 0.25) is 0 Å². The van der Waals surface area contributed by atoms with Gasteiger partial charge in [-0.1, -0.05) is 35.4 Å². The average molecular weight is 243 g/mol. The van der Waals surface area contributed by atoms with Crippen LogP contribution in [0.25, 0.3) is 0 Å². The molecule has 0 N–H and O–H groups in total. The molecule has 1 rings (SSSR count). The van der Waals surface area contributed by atoms with Crippen LogP contribution in [-0.4, -0.2) is 14.1 Å². The minimum atomic E-state index is 1.02. The van der Waals surface area contributed by atoms with Gasteiger partial charge in [-0.2, -0.15) is 0 Å². The minimum Gasteiger partial charge on any atom is -0.377 e. The highest BCUT2D eigenvalue weighted by molar-refractivity contribution is 5.54. The Kier molecular flexibility index (Phi) is 5.21. The molecule has 1 nitrogen and oxygen atoms in total. The zero-order valence-electron chi connectivity index (χ0n) is 12.5. The first-order valence-electron chi connectivity index (χ1n) is 6.52. The van der Waals surface area contributed by atoms with Crippen molar-refractivity contribution in [3.63, 3.8) is 0 Å². The highest BCUT2D eigenvalue weighted by Crippen LogP contribution is 2.24. The van der Waals surface area contributed by atoms with E-state index < -0.39 is 0 Å². The Labute approximate surface area is 112 Å². The Morgan fingerprint density at radius 1 is 1.11 bits per heavy atom. The molecule has 18 heavy (non-hydrogen) atoms. The molecule has 1 aromatic carbocycles. The maximum Gasteiger partial charge on any atom is 0.0396 e. The van der Waals surface area contributed by atoms with Crippen molar-refractivity contribution in [1.82, 2.24) is 0 Å². The van der Waals surface area contributed by atoms with Crippen LogP contribution in [0.15, 0.2) is 47.1 Å². The van der Waals surface area contributed by atoms with E-state index in [-0.39, 0.29) is 0 Å². The Morgan fingerprint density at radius 3 is 2.28 bits per heavy atom. The fourth-order valence-corrected chi connectivity index (χ4v) is 2.07. The molecular formula is C17H25N. The molecule has 0 aliphatic carbocycles. The largest absolute Gasteiger partial charge is 0.377 e. The first-order valence-corrected chi connectivity index (χ1v) is 6.52. The lowest BCUT2D eigenvalue weighted by Gasteiger charge is -2.18. The average Bonchev–Trinajstić information content (AvgIpc) is 2.37. The summed E-state index contributed by atoms with van der Waals surface area (Å²) in [7, 11) is 4.20. The van der Waals surface area contributed by atoms with Crippen LogP contribution in [0.2, 0.25) is 0 Å². The zero-order valence-corrected chi connectivity index (χ0v) is 12.5. The number of anilines is 1. The summed E-state index contributed by atoms with van der Waals surface area (Å²) in [5.41, 5.74) is 6.92. The van der Waals surface area contributed by atoms with Crippen LogP contribution in [-0.2, 0) is 6.42 Å². The van der Waals surface area contributed by atoms with E-state index in [0.29, 0.717) is 0 Å². The predicted octanol–water partition coefficient (Wildman–Crippen LogP) is 4.60. The third-order valence-corrected chi connectivity index (χ3v) is 3.59. The Morgan fingerprint density at radius 2 is 1.72 bits per heavy atom. The van der Waals surface area contributed by atoms with Crippen LogP contribution in [0, 0.1) is 0 Å². The summed E-state index contributed by atoms with van der Waals surface area (Å²) < 4.78 is 0. The third kappa shape index (κ3) is 3.49. The number of para-hydroxylation sites is 1. The van der Waals surface area contributed by atoms with Gasteiger partial charge in [0.1, 0.15) is 0 Å². The van der Waals surface area contributed by atoms with Crippen LogP contribution in [0.4, 0.5) is 5.69 Å². The SMILES string of the molecule is C/C=C(C)/C(C)=C(/C)Cc1ccccc1N(C)C. The highest BCUT2D eigenvalue weighted by Gasteiger charge is 2.06. The van der Waals surface area contributed by atoms with E-state index in [1.54, 1.807) is 0 Å². The molecule has 1 aromatic rings. The molecule has 0 bridgehead atoms. The molecule has 0 spiro atoms. The zero-order chi connectivity index (χ0) is 13.7. The number of allylic oxidation sites excluding steroid dienone is 4. The Hall–Kier alpha value is -1.50. The molecule has 0 unspecified atom stereocenters. The molecule has 1 heteroatoms. The molecule has 0 amide bonds. The molecule has 0 atom stereocenters. The van der Waals surface area contributed by atoms with E-state index in [2.05, 4.69) is 77.0 Å². The van der Waals surface area contributed by atoms with Gasteiger partial charge in [-0.05, 0) is 51.3 Å². The van der Waals surface area contributed by atoms with E-state index in [1.807, 2.05) is 0 Å². The van der Waals surface area contributed by atoms with Gasteiger partial charge >= 0.3 is 0 Å². The topological polar surface area (TPSA) is 3.24 Å². The Balaban J connectivity index is 3.05. The van der Waals surface area contributed by atoms with Crippen LogP contribution in [0.1, 0.15) is 33.3 Å². The smallest absolute Gasteiger partial charge is 0.0396 e. The number of hydrogen-bond acceptors (Lipinski definition) is 1. The van der Waals surface area contributed by atoms with Crippen LogP contribution >= 0.6 is 0 Å². The van der Waals surface area contributed by atoms with Crippen LogP contribution < -0.4 is 4.90 Å². The quantitative estimate of drug-likeness (QED) is 0.699. The molecule has 0 aliphatic rings. The van der Waals surface area contributed by atoms with Gasteiger partial charge in [0.05, 0.1) is 0 Å². The second-order valence-electron chi connectivity index (χ2n) is 5.08. The van der Waals surface area contributed by atoms with Gasteiger partial charge in [0.15, 0.2) is 0 Å². The summed E-state index contributed by atoms with van der Waals surface area (Å²) in [6, 6.07) is 8.62. The highest BCUT2D eigenvalue weighted by atomic mass is 15.1. The Bertz CT molecular complexity index is 464. The van der Waals surface area contributed by atoms with Crippen LogP contribution in [0.5, 0.6) is 0 Å². The molecular weight excluding hydrogens is 218 g/mol. The summed E-state index contributed by atoms with van der Waals surface area (Å²) in [4.78, 5) is 2.18. The predicted molar refractivity (Wildman–Crippen MR) is 82.3 cm³/mol. The number of rotatable bonds is 4. The van der Waals surface area contributed by atoms with Gasteiger partial charge in [-0.3, -0.25) is 0 Å². The molecule has 0 heterocycles. The molecule has 0 saturated carbocycles. The summed E-state index contributed by atoms with van der Waals surface area (Å²) in [5.74, 6) is 0. The van der Waals surface area contributed by atoms with Crippen molar-refractivity contribution in [2.45, 2.75) is 34.1 Å². The van der Waals surface area contributed by atoms with Gasteiger partial charge in [-0.25, -0.2) is 0 Å². The summed E-state index contributed by atoms with van der Waals surface area (Å²) in [6.45, 7) is 8.72. The van der Waals surface area contributed by atoms with Crippen LogP contribution in [0.3, 0.4) is 0 Å². The number of nitrogens with zero attached hydrogens (tertiary/aromatic N) is 1. The molecule has 98 valence electrons. The fourth-order valence-electron chi connectivity index (χ4n) is 2.07. The van der Waals surface area contributed by atoms with Gasteiger partial charge in [0.25, 0.3) is 0 Å². The van der Waals surface area contributed by atoms with Gasteiger partial charge < -0.3 is 4.90 Å². The monoisotopic (exact) mass is 243 g/mol. The van der Waals surface area contributed by atoms with Crippen molar-refractivity contribution in [3.8, 4) is 0 Å². The van der Waals surface area contributed by atoms with Crippen molar-refractivity contribution in [3.05, 3.63) is 52.6 Å². The lowest BCUT2D eigenvalue weighted by molar-refractivity contribution is 1.05. The molecule has 0 fully saturated rings. The maximum absolute atomic E-state index is 2.23. The van der Waals surface area contributed by atoms with Gasteiger partial charge in [0, 0.05) is 19.8 Å². The van der Waals surface area contributed by atoms with Crippen molar-refractivity contribution in [1.29, 1.82) is 0 Å².